The maximum atomic E-state index is 13.3. The Hall–Kier alpha value is -1.88. The third kappa shape index (κ3) is 3.04. The van der Waals surface area contributed by atoms with Gasteiger partial charge in [0.25, 0.3) is 5.91 Å². The van der Waals surface area contributed by atoms with Gasteiger partial charge in [0.1, 0.15) is 0 Å². The molecule has 5 rings (SSSR count). The summed E-state index contributed by atoms with van der Waals surface area (Å²) in [5.41, 5.74) is 3.76. The van der Waals surface area contributed by atoms with Crippen LogP contribution >= 0.6 is 11.6 Å². The summed E-state index contributed by atoms with van der Waals surface area (Å²) >= 11 is 6.11. The molecule has 2 N–H and O–H groups in total. The molecule has 0 saturated heterocycles. The summed E-state index contributed by atoms with van der Waals surface area (Å²) in [7, 11) is 0. The van der Waals surface area contributed by atoms with Gasteiger partial charge in [0.2, 0.25) is 0 Å². The fraction of sp³-hybridized carbons (Fsp3) is 0.435. The highest BCUT2D eigenvalue weighted by molar-refractivity contribution is 6.30. The number of nitrogens with zero attached hydrogens (tertiary/aromatic N) is 1. The van der Waals surface area contributed by atoms with E-state index in [-0.39, 0.29) is 17.9 Å². The smallest absolute Gasteiger partial charge is 0.255 e. The SMILES string of the molecule is O=C1c2cccc(C3CC(O)CC3O)c2C(c2ccc(Cl)cc2)N1CC1CC1. The minimum absolute atomic E-state index is 0.0664. The van der Waals surface area contributed by atoms with Gasteiger partial charge in [-0.25, -0.2) is 0 Å². The molecule has 0 bridgehead atoms. The molecule has 0 aromatic heterocycles. The molecule has 146 valence electrons. The van der Waals surface area contributed by atoms with E-state index in [0.29, 0.717) is 23.8 Å². The molecule has 28 heavy (non-hydrogen) atoms. The standard InChI is InChI=1S/C23H24ClNO3/c24-15-8-6-14(7-9-15)22-21-17(19-10-16(26)11-20(19)27)2-1-3-18(21)23(28)25(22)12-13-4-5-13/h1-3,6-9,13,16,19-20,22,26-27H,4-5,10-12H2. The van der Waals surface area contributed by atoms with E-state index in [1.807, 2.05) is 47.4 Å². The van der Waals surface area contributed by atoms with Gasteiger partial charge in [-0.2, -0.15) is 0 Å². The number of aliphatic hydroxyl groups is 2. The maximum absolute atomic E-state index is 13.3. The third-order valence-corrected chi connectivity index (χ3v) is 6.71. The number of aliphatic hydroxyl groups excluding tert-OH is 2. The van der Waals surface area contributed by atoms with Crippen molar-refractivity contribution in [3.05, 3.63) is 69.7 Å². The zero-order valence-electron chi connectivity index (χ0n) is 15.6. The second-order valence-corrected chi connectivity index (χ2v) is 8.90. The van der Waals surface area contributed by atoms with Gasteiger partial charge < -0.3 is 15.1 Å². The van der Waals surface area contributed by atoms with Gasteiger partial charge in [0, 0.05) is 23.0 Å². The normalized spacial score (nSPS) is 29.4. The molecule has 0 radical (unpaired) electrons. The Morgan fingerprint density at radius 1 is 1.04 bits per heavy atom. The van der Waals surface area contributed by atoms with E-state index in [2.05, 4.69) is 0 Å². The first kappa shape index (κ1) is 18.2. The Morgan fingerprint density at radius 3 is 2.43 bits per heavy atom. The van der Waals surface area contributed by atoms with Gasteiger partial charge in [-0.15, -0.1) is 0 Å². The lowest BCUT2D eigenvalue weighted by atomic mass is 9.85. The lowest BCUT2D eigenvalue weighted by Gasteiger charge is -2.28. The summed E-state index contributed by atoms with van der Waals surface area (Å²) in [6, 6.07) is 13.4. The lowest BCUT2D eigenvalue weighted by Crippen LogP contribution is -2.31. The maximum Gasteiger partial charge on any atom is 0.255 e. The lowest BCUT2D eigenvalue weighted by molar-refractivity contribution is 0.0740. The zero-order valence-corrected chi connectivity index (χ0v) is 16.3. The van der Waals surface area contributed by atoms with E-state index < -0.39 is 12.2 Å². The minimum atomic E-state index is -0.583. The molecule has 2 fully saturated rings. The second-order valence-electron chi connectivity index (χ2n) is 8.46. The van der Waals surface area contributed by atoms with Crippen molar-refractivity contribution < 1.29 is 15.0 Å². The molecule has 3 aliphatic rings. The number of hydrogen-bond acceptors (Lipinski definition) is 3. The number of fused-ring (bicyclic) bond motifs is 1. The van der Waals surface area contributed by atoms with Crippen LogP contribution in [0, 0.1) is 5.92 Å². The summed E-state index contributed by atoms with van der Waals surface area (Å²) in [4.78, 5) is 15.3. The molecule has 4 unspecified atom stereocenters. The first-order valence-electron chi connectivity index (χ1n) is 10.1. The Bertz CT molecular complexity index is 909. The first-order valence-corrected chi connectivity index (χ1v) is 10.5. The fourth-order valence-corrected chi connectivity index (χ4v) is 5.03. The van der Waals surface area contributed by atoms with Crippen LogP contribution in [0.4, 0.5) is 0 Å². The van der Waals surface area contributed by atoms with Gasteiger partial charge in [-0.3, -0.25) is 4.79 Å². The Kier molecular flexibility index (Phi) is 4.46. The number of halogens is 1. The van der Waals surface area contributed by atoms with E-state index in [1.165, 1.54) is 12.8 Å². The Balaban J connectivity index is 1.64. The summed E-state index contributed by atoms with van der Waals surface area (Å²) in [6.45, 7) is 0.760. The molecule has 2 saturated carbocycles. The van der Waals surface area contributed by atoms with Crippen LogP contribution in [0.3, 0.4) is 0 Å². The molecule has 4 atom stereocenters. The summed E-state index contributed by atoms with van der Waals surface area (Å²) < 4.78 is 0. The predicted octanol–water partition coefficient (Wildman–Crippen LogP) is 3.89. The van der Waals surface area contributed by atoms with Crippen molar-refractivity contribution in [2.24, 2.45) is 5.92 Å². The van der Waals surface area contributed by atoms with Crippen LogP contribution in [-0.2, 0) is 0 Å². The van der Waals surface area contributed by atoms with Gasteiger partial charge in [0.05, 0.1) is 18.2 Å². The number of carbonyl (C=O) groups is 1. The van der Waals surface area contributed by atoms with Gasteiger partial charge in [-0.05, 0) is 66.5 Å². The molecule has 1 amide bonds. The highest BCUT2D eigenvalue weighted by atomic mass is 35.5. The molecule has 2 aliphatic carbocycles. The largest absolute Gasteiger partial charge is 0.393 e. The van der Waals surface area contributed by atoms with E-state index >= 15 is 0 Å². The van der Waals surface area contributed by atoms with Crippen molar-refractivity contribution in [1.82, 2.24) is 4.90 Å². The molecule has 1 aliphatic heterocycles. The number of hydrogen-bond donors (Lipinski definition) is 2. The molecule has 4 nitrogen and oxygen atoms in total. The topological polar surface area (TPSA) is 60.8 Å². The average molecular weight is 398 g/mol. The average Bonchev–Trinajstić information content (AvgIpc) is 3.38. The van der Waals surface area contributed by atoms with Crippen LogP contribution in [0.5, 0.6) is 0 Å². The molecular weight excluding hydrogens is 374 g/mol. The predicted molar refractivity (Wildman–Crippen MR) is 107 cm³/mol. The molecular formula is C23H24ClNO3. The van der Waals surface area contributed by atoms with Gasteiger partial charge in [-0.1, -0.05) is 35.9 Å². The number of carbonyl (C=O) groups excluding carboxylic acids is 1. The van der Waals surface area contributed by atoms with Crippen molar-refractivity contribution in [1.29, 1.82) is 0 Å². The first-order chi connectivity index (χ1) is 13.5. The quantitative estimate of drug-likeness (QED) is 0.822. The highest BCUT2D eigenvalue weighted by Gasteiger charge is 2.44. The van der Waals surface area contributed by atoms with Crippen LogP contribution < -0.4 is 0 Å². The van der Waals surface area contributed by atoms with Crippen LogP contribution in [0.2, 0.25) is 5.02 Å². The number of benzene rings is 2. The van der Waals surface area contributed by atoms with Gasteiger partial charge in [0.15, 0.2) is 0 Å². The van der Waals surface area contributed by atoms with E-state index in [4.69, 9.17) is 11.6 Å². The van der Waals surface area contributed by atoms with Crippen LogP contribution in [0.1, 0.15) is 64.7 Å². The molecule has 2 aromatic rings. The summed E-state index contributed by atoms with van der Waals surface area (Å²) in [5.74, 6) is 0.501. The molecule has 5 heteroatoms. The van der Waals surface area contributed by atoms with Crippen LogP contribution in [0.15, 0.2) is 42.5 Å². The minimum Gasteiger partial charge on any atom is -0.393 e. The van der Waals surface area contributed by atoms with Crippen LogP contribution in [-0.4, -0.2) is 39.8 Å². The number of rotatable bonds is 4. The van der Waals surface area contributed by atoms with E-state index in [0.717, 1.165) is 28.8 Å². The van der Waals surface area contributed by atoms with Crippen molar-refractivity contribution in [2.75, 3.05) is 6.54 Å². The van der Waals surface area contributed by atoms with E-state index in [1.54, 1.807) is 0 Å². The van der Waals surface area contributed by atoms with Crippen molar-refractivity contribution in [3.8, 4) is 0 Å². The van der Waals surface area contributed by atoms with Gasteiger partial charge >= 0.3 is 0 Å². The fourth-order valence-electron chi connectivity index (χ4n) is 4.91. The van der Waals surface area contributed by atoms with Crippen LogP contribution in [0.25, 0.3) is 0 Å². The van der Waals surface area contributed by atoms with Crippen molar-refractivity contribution in [3.63, 3.8) is 0 Å². The van der Waals surface area contributed by atoms with E-state index in [9.17, 15) is 15.0 Å². The Labute approximate surface area is 169 Å². The third-order valence-electron chi connectivity index (χ3n) is 6.46. The Morgan fingerprint density at radius 2 is 1.79 bits per heavy atom. The molecule has 1 heterocycles. The molecule has 2 aromatic carbocycles. The monoisotopic (exact) mass is 397 g/mol. The summed E-state index contributed by atoms with van der Waals surface area (Å²) in [5, 5.41) is 21.3. The van der Waals surface area contributed by atoms with Crippen molar-refractivity contribution in [2.45, 2.75) is 49.9 Å². The van der Waals surface area contributed by atoms with Crippen molar-refractivity contribution >= 4 is 17.5 Å². The summed E-state index contributed by atoms with van der Waals surface area (Å²) in [6.07, 6.45) is 2.19. The number of amides is 1. The highest BCUT2D eigenvalue weighted by Crippen LogP contribution is 2.47. The zero-order chi connectivity index (χ0) is 19.4. The second kappa shape index (κ2) is 6.87. The molecule has 0 spiro atoms.